The minimum atomic E-state index is 0. The van der Waals surface area contributed by atoms with Crippen LogP contribution >= 0.6 is 0 Å². The van der Waals surface area contributed by atoms with E-state index in [0.29, 0.717) is 0 Å². The Morgan fingerprint density at radius 1 is 0.545 bits per heavy atom. The highest BCUT2D eigenvalue weighted by Gasteiger charge is 2.22. The zero-order valence-corrected chi connectivity index (χ0v) is 17.5. The molecule has 0 rings (SSSR count). The molecule has 0 aromatic rings. The fourth-order valence-corrected chi connectivity index (χ4v) is 3.21. The lowest BCUT2D eigenvalue weighted by molar-refractivity contribution is -0.928. The van der Waals surface area contributed by atoms with Crippen molar-refractivity contribution in [1.82, 2.24) is 0 Å². The molecule has 0 atom stereocenters. The highest BCUT2D eigenvalue weighted by Crippen LogP contribution is 2.12. The summed E-state index contributed by atoms with van der Waals surface area (Å²) in [5.41, 5.74) is 10.6. The molecule has 0 saturated carbocycles. The van der Waals surface area contributed by atoms with E-state index in [1.807, 2.05) is 0 Å². The molecule has 0 bridgehead atoms. The molecule has 0 fully saturated rings. The smallest absolute Gasteiger partial charge is 0.0783 e. The van der Waals surface area contributed by atoms with Crippen LogP contribution in [-0.2, 0) is 0 Å². The van der Waals surface area contributed by atoms with Crippen molar-refractivity contribution in [2.75, 3.05) is 39.3 Å². The number of nitrogens with two attached hydrogens (primary N) is 2. The summed E-state index contributed by atoms with van der Waals surface area (Å²) in [5, 5.41) is 0. The molecule has 0 saturated heterocycles. The number of quaternary nitrogens is 1. The summed E-state index contributed by atoms with van der Waals surface area (Å²) in [5.74, 6) is 0. The van der Waals surface area contributed by atoms with Crippen LogP contribution in [0.25, 0.3) is 0 Å². The van der Waals surface area contributed by atoms with Crippen LogP contribution in [0.5, 0.6) is 0 Å². The van der Waals surface area contributed by atoms with Gasteiger partial charge in [-0.1, -0.05) is 40.5 Å². The van der Waals surface area contributed by atoms with E-state index < -0.39 is 0 Å². The molecule has 0 aliphatic rings. The van der Waals surface area contributed by atoms with E-state index in [1.165, 1.54) is 69.2 Å². The van der Waals surface area contributed by atoms with E-state index >= 15 is 0 Å². The van der Waals surface area contributed by atoms with Gasteiger partial charge in [0.05, 0.1) is 26.2 Å². The predicted molar refractivity (Wildman–Crippen MR) is 97.5 cm³/mol. The van der Waals surface area contributed by atoms with E-state index in [9.17, 15) is 0 Å². The van der Waals surface area contributed by atoms with Crippen molar-refractivity contribution in [3.63, 3.8) is 0 Å². The molecular formula is C18H44BrN3. The van der Waals surface area contributed by atoms with Gasteiger partial charge in [-0.2, -0.15) is 0 Å². The zero-order valence-electron chi connectivity index (χ0n) is 15.9. The van der Waals surface area contributed by atoms with Gasteiger partial charge >= 0.3 is 0 Å². The molecule has 0 aliphatic carbocycles. The van der Waals surface area contributed by atoms with Gasteiger partial charge in [0.1, 0.15) is 0 Å². The Bertz CT molecular complexity index is 154. The van der Waals surface area contributed by atoms with Crippen LogP contribution in [0.3, 0.4) is 0 Å². The molecule has 0 radical (unpaired) electrons. The lowest BCUT2D eigenvalue weighted by Gasteiger charge is -2.38. The van der Waals surface area contributed by atoms with Crippen LogP contribution < -0.4 is 28.4 Å². The Labute approximate surface area is 151 Å². The second-order valence-electron chi connectivity index (χ2n) is 6.23. The van der Waals surface area contributed by atoms with Crippen molar-refractivity contribution in [3.8, 4) is 0 Å². The van der Waals surface area contributed by atoms with Gasteiger partial charge in [0.25, 0.3) is 0 Å². The maximum absolute atomic E-state index is 5.28. The first-order valence-corrected chi connectivity index (χ1v) is 9.41. The topological polar surface area (TPSA) is 52.0 Å². The molecule has 0 heterocycles. The number of nitrogens with zero attached hydrogens (tertiary/aromatic N) is 1. The van der Waals surface area contributed by atoms with E-state index in [4.69, 9.17) is 11.5 Å². The first kappa shape index (κ1) is 27.2. The Balaban J connectivity index is -0.000000348. The zero-order chi connectivity index (χ0) is 16.4. The third-order valence-corrected chi connectivity index (χ3v) is 3.95. The second kappa shape index (κ2) is 21.4. The molecule has 0 unspecified atom stereocenters. The molecule has 0 spiro atoms. The largest absolute Gasteiger partial charge is 1.00 e. The third-order valence-electron chi connectivity index (χ3n) is 3.95. The van der Waals surface area contributed by atoms with Crippen LogP contribution in [0.2, 0.25) is 0 Å². The van der Waals surface area contributed by atoms with Gasteiger partial charge in [-0.3, -0.25) is 0 Å². The molecule has 138 valence electrons. The molecule has 0 aliphatic heterocycles. The molecule has 4 N–H and O–H groups in total. The van der Waals surface area contributed by atoms with Crippen LogP contribution in [0.15, 0.2) is 0 Å². The summed E-state index contributed by atoms with van der Waals surface area (Å²) >= 11 is 0. The highest BCUT2D eigenvalue weighted by molar-refractivity contribution is 4.44. The summed E-state index contributed by atoms with van der Waals surface area (Å²) in [6.07, 6.45) is 10.1. The van der Waals surface area contributed by atoms with Crippen LogP contribution in [0, 0.1) is 0 Å². The molecule has 22 heavy (non-hydrogen) atoms. The average Bonchev–Trinajstić information content (AvgIpc) is 2.46. The van der Waals surface area contributed by atoms with E-state index in [2.05, 4.69) is 27.7 Å². The summed E-state index contributed by atoms with van der Waals surface area (Å²) in [7, 11) is 0. The van der Waals surface area contributed by atoms with Crippen LogP contribution in [0.1, 0.15) is 79.1 Å². The molecular weight excluding hydrogens is 338 g/mol. The fourth-order valence-electron chi connectivity index (χ4n) is 3.21. The van der Waals surface area contributed by atoms with E-state index in [0.717, 1.165) is 25.9 Å². The van der Waals surface area contributed by atoms with Gasteiger partial charge in [-0.05, 0) is 51.6 Å². The van der Waals surface area contributed by atoms with Gasteiger partial charge in [-0.15, -0.1) is 0 Å². The number of hydrogen-bond donors (Lipinski definition) is 2. The summed E-state index contributed by atoms with van der Waals surface area (Å²) in [6.45, 7) is 16.4. The molecule has 0 amide bonds. The standard InChI is InChI=1S/C12H28N.C6H16N2.BrH/c1-5-9-13(10-6-2,11-7-3)12-8-4;7-5-3-1-2-4-6-8;/h5-12H2,1-4H3;1-8H2;1H/q+1;;/p-1. The first-order chi connectivity index (χ1) is 10.2. The minimum absolute atomic E-state index is 0. The normalized spacial score (nSPS) is 10.6. The Hall–Kier alpha value is 0.360. The van der Waals surface area contributed by atoms with Gasteiger partial charge in [0.2, 0.25) is 0 Å². The van der Waals surface area contributed by atoms with Gasteiger partial charge in [0, 0.05) is 0 Å². The van der Waals surface area contributed by atoms with Crippen molar-refractivity contribution in [2.45, 2.75) is 79.1 Å². The van der Waals surface area contributed by atoms with Gasteiger partial charge in [-0.25, -0.2) is 0 Å². The SMILES string of the molecule is CCC[N+](CCC)(CCC)CCC.NCCCCCCN.[Br-]. The number of halogens is 1. The van der Waals surface area contributed by atoms with E-state index in [1.54, 1.807) is 0 Å². The Kier molecular flexibility index (Phi) is 26.4. The van der Waals surface area contributed by atoms with E-state index in [-0.39, 0.29) is 17.0 Å². The molecule has 0 aromatic carbocycles. The summed E-state index contributed by atoms with van der Waals surface area (Å²) < 4.78 is 1.38. The monoisotopic (exact) mass is 381 g/mol. The average molecular weight is 382 g/mol. The summed E-state index contributed by atoms with van der Waals surface area (Å²) in [6, 6.07) is 0. The third kappa shape index (κ3) is 16.7. The van der Waals surface area contributed by atoms with Crippen molar-refractivity contribution < 1.29 is 21.5 Å². The maximum Gasteiger partial charge on any atom is 0.0783 e. The van der Waals surface area contributed by atoms with Gasteiger partial charge in [0.15, 0.2) is 0 Å². The highest BCUT2D eigenvalue weighted by atomic mass is 79.9. The Morgan fingerprint density at radius 3 is 1.00 bits per heavy atom. The molecule has 0 aromatic heterocycles. The number of unbranched alkanes of at least 4 members (excludes halogenated alkanes) is 3. The lowest BCUT2D eigenvalue weighted by Crippen LogP contribution is -3.00. The van der Waals surface area contributed by atoms with Crippen molar-refractivity contribution in [2.24, 2.45) is 11.5 Å². The number of hydrogen-bond acceptors (Lipinski definition) is 2. The lowest BCUT2D eigenvalue weighted by atomic mass is 10.2. The Morgan fingerprint density at radius 2 is 0.818 bits per heavy atom. The summed E-state index contributed by atoms with van der Waals surface area (Å²) in [4.78, 5) is 0. The van der Waals surface area contributed by atoms with Gasteiger partial charge < -0.3 is 32.9 Å². The van der Waals surface area contributed by atoms with Crippen LogP contribution in [0.4, 0.5) is 0 Å². The molecule has 3 nitrogen and oxygen atoms in total. The maximum atomic E-state index is 5.28. The van der Waals surface area contributed by atoms with Crippen molar-refractivity contribution in [1.29, 1.82) is 0 Å². The first-order valence-electron chi connectivity index (χ1n) is 9.41. The van der Waals surface area contributed by atoms with Crippen molar-refractivity contribution >= 4 is 0 Å². The van der Waals surface area contributed by atoms with Crippen molar-refractivity contribution in [3.05, 3.63) is 0 Å². The van der Waals surface area contributed by atoms with Crippen LogP contribution in [-0.4, -0.2) is 43.8 Å². The molecule has 4 heteroatoms. The predicted octanol–water partition coefficient (Wildman–Crippen LogP) is 0.911. The quantitative estimate of drug-likeness (QED) is 0.368. The fraction of sp³-hybridized carbons (Fsp3) is 1.00. The second-order valence-corrected chi connectivity index (χ2v) is 6.23. The minimum Gasteiger partial charge on any atom is -1.00 e. The number of rotatable bonds is 13.